The molecule has 0 bridgehead atoms. The van der Waals surface area contributed by atoms with Gasteiger partial charge in [-0.15, -0.1) is 0 Å². The molecule has 0 atom stereocenters. The molecule has 280 valence electrons. The molecule has 1 aliphatic heterocycles. The lowest BCUT2D eigenvalue weighted by Crippen LogP contribution is -2.41. The van der Waals surface area contributed by atoms with Gasteiger partial charge in [-0.3, -0.25) is 24.3 Å². The first-order valence-corrected chi connectivity index (χ1v) is 17.7. The summed E-state index contributed by atoms with van der Waals surface area (Å²) in [7, 11) is 1.74. The maximum atomic E-state index is 13.7. The minimum Gasteiger partial charge on any atom is -0.379 e. The molecule has 0 spiro atoms. The third-order valence-electron chi connectivity index (χ3n) is 9.07. The minimum absolute atomic E-state index is 0.106. The number of carbonyl (C=O) groups is 3. The number of nitrogens with zero attached hydrogens (tertiary/aromatic N) is 4. The van der Waals surface area contributed by atoms with E-state index < -0.39 is 23.6 Å². The van der Waals surface area contributed by atoms with Gasteiger partial charge in [0.15, 0.2) is 0 Å². The second kappa shape index (κ2) is 18.0. The molecule has 1 aromatic heterocycles. The lowest BCUT2D eigenvalue weighted by molar-refractivity contribution is -0.137. The molecule has 0 unspecified atom stereocenters. The van der Waals surface area contributed by atoms with Crippen LogP contribution in [0.5, 0.6) is 0 Å². The van der Waals surface area contributed by atoms with Crippen LogP contribution in [0.2, 0.25) is 0 Å². The molecular formula is C40H45F3N6O4. The maximum Gasteiger partial charge on any atom is 0.416 e. The van der Waals surface area contributed by atoms with Crippen LogP contribution >= 0.6 is 0 Å². The number of rotatable bonds is 14. The van der Waals surface area contributed by atoms with Gasteiger partial charge in [0, 0.05) is 87.0 Å². The van der Waals surface area contributed by atoms with Crippen LogP contribution in [0.15, 0.2) is 85.1 Å². The number of amides is 3. The third-order valence-corrected chi connectivity index (χ3v) is 9.07. The monoisotopic (exact) mass is 730 g/mol. The van der Waals surface area contributed by atoms with Crippen LogP contribution < -0.4 is 15.5 Å². The minimum atomic E-state index is -4.49. The van der Waals surface area contributed by atoms with E-state index in [0.29, 0.717) is 53.4 Å². The molecule has 2 heterocycles. The number of anilines is 2. The summed E-state index contributed by atoms with van der Waals surface area (Å²) in [5.41, 5.74) is 2.76. The second-order valence-corrected chi connectivity index (χ2v) is 12.8. The Morgan fingerprint density at radius 1 is 0.868 bits per heavy atom. The molecule has 1 fully saturated rings. The highest BCUT2D eigenvalue weighted by Crippen LogP contribution is 2.33. The van der Waals surface area contributed by atoms with Crippen molar-refractivity contribution >= 4 is 29.1 Å². The SMILES string of the molecule is CCCN(CC)c1ccc(NC(=O)c2cccc(C(=O)N(C)CCN3CCOCC3)c2)c(-c2cc(C(=O)NCc3cccc(C(F)(F)F)c3)ccn2)c1. The van der Waals surface area contributed by atoms with Crippen molar-refractivity contribution in [2.75, 3.05) is 69.7 Å². The predicted octanol–water partition coefficient (Wildman–Crippen LogP) is 6.59. The van der Waals surface area contributed by atoms with Gasteiger partial charge in [-0.2, -0.15) is 13.2 Å². The Morgan fingerprint density at radius 3 is 2.34 bits per heavy atom. The smallest absolute Gasteiger partial charge is 0.379 e. The molecule has 5 rings (SSSR count). The van der Waals surface area contributed by atoms with Gasteiger partial charge in [0.1, 0.15) is 0 Å². The average Bonchev–Trinajstić information content (AvgIpc) is 3.18. The predicted molar refractivity (Wildman–Crippen MR) is 199 cm³/mol. The largest absolute Gasteiger partial charge is 0.416 e. The Morgan fingerprint density at radius 2 is 1.60 bits per heavy atom. The fourth-order valence-corrected chi connectivity index (χ4v) is 6.08. The number of alkyl halides is 3. The fourth-order valence-electron chi connectivity index (χ4n) is 6.08. The van der Waals surface area contributed by atoms with Crippen molar-refractivity contribution in [3.63, 3.8) is 0 Å². The van der Waals surface area contributed by atoms with E-state index in [-0.39, 0.29) is 18.0 Å². The number of pyridine rings is 1. The van der Waals surface area contributed by atoms with Crippen molar-refractivity contribution in [2.45, 2.75) is 33.0 Å². The first-order valence-electron chi connectivity index (χ1n) is 17.7. The molecule has 2 N–H and O–H groups in total. The molecule has 3 aromatic carbocycles. The average molecular weight is 731 g/mol. The van der Waals surface area contributed by atoms with Crippen LogP contribution in [-0.2, 0) is 17.5 Å². The third kappa shape index (κ3) is 10.4. The van der Waals surface area contributed by atoms with Crippen molar-refractivity contribution in [3.05, 3.63) is 113 Å². The Labute approximate surface area is 307 Å². The van der Waals surface area contributed by atoms with E-state index in [0.717, 1.165) is 57.0 Å². The van der Waals surface area contributed by atoms with E-state index >= 15 is 0 Å². The van der Waals surface area contributed by atoms with Crippen molar-refractivity contribution in [2.24, 2.45) is 0 Å². The summed E-state index contributed by atoms with van der Waals surface area (Å²) in [4.78, 5) is 50.8. The molecule has 1 aliphatic rings. The quantitative estimate of drug-likeness (QED) is 0.151. The number of halogens is 3. The van der Waals surface area contributed by atoms with Gasteiger partial charge < -0.3 is 25.2 Å². The number of aromatic nitrogens is 1. The summed E-state index contributed by atoms with van der Waals surface area (Å²) in [5, 5.41) is 5.68. The zero-order valence-corrected chi connectivity index (χ0v) is 30.2. The number of morpholine rings is 1. The second-order valence-electron chi connectivity index (χ2n) is 12.8. The highest BCUT2D eigenvalue weighted by molar-refractivity contribution is 6.08. The number of carbonyl (C=O) groups excluding carboxylic acids is 3. The molecule has 0 saturated carbocycles. The zero-order valence-electron chi connectivity index (χ0n) is 30.2. The van der Waals surface area contributed by atoms with Crippen molar-refractivity contribution < 1.29 is 32.3 Å². The summed E-state index contributed by atoms with van der Waals surface area (Å²) in [6.07, 6.45) is -2.10. The van der Waals surface area contributed by atoms with Crippen LogP contribution in [0.3, 0.4) is 0 Å². The van der Waals surface area contributed by atoms with Gasteiger partial charge in [-0.05, 0) is 79.6 Å². The molecule has 0 radical (unpaired) electrons. The molecule has 4 aromatic rings. The molecule has 3 amide bonds. The summed E-state index contributed by atoms with van der Waals surface area (Å²) in [6, 6.07) is 20.1. The van der Waals surface area contributed by atoms with Crippen LogP contribution in [0.1, 0.15) is 62.5 Å². The number of hydrogen-bond acceptors (Lipinski definition) is 7. The van der Waals surface area contributed by atoms with E-state index in [1.807, 2.05) is 19.1 Å². The van der Waals surface area contributed by atoms with Crippen LogP contribution in [-0.4, -0.2) is 92.0 Å². The first kappa shape index (κ1) is 38.9. The number of benzene rings is 3. The van der Waals surface area contributed by atoms with Gasteiger partial charge in [0.05, 0.1) is 30.2 Å². The van der Waals surface area contributed by atoms with E-state index in [9.17, 15) is 27.6 Å². The van der Waals surface area contributed by atoms with Crippen LogP contribution in [0, 0.1) is 0 Å². The van der Waals surface area contributed by atoms with Gasteiger partial charge in [-0.1, -0.05) is 25.1 Å². The zero-order chi connectivity index (χ0) is 38.0. The summed E-state index contributed by atoms with van der Waals surface area (Å²) in [6.45, 7) is 9.84. The fraction of sp³-hybridized carbons (Fsp3) is 0.350. The normalized spacial score (nSPS) is 13.3. The van der Waals surface area contributed by atoms with Crippen molar-refractivity contribution in [3.8, 4) is 11.3 Å². The highest BCUT2D eigenvalue weighted by atomic mass is 19.4. The molecule has 0 aliphatic carbocycles. The van der Waals surface area contributed by atoms with Crippen molar-refractivity contribution in [1.29, 1.82) is 0 Å². The van der Waals surface area contributed by atoms with Gasteiger partial charge in [-0.25, -0.2) is 0 Å². The number of likely N-dealkylation sites (N-methyl/N-ethyl adjacent to an activating group) is 1. The lowest BCUT2D eigenvalue weighted by Gasteiger charge is -2.28. The summed E-state index contributed by atoms with van der Waals surface area (Å²) < 4.78 is 45.0. The Kier molecular flexibility index (Phi) is 13.2. The molecule has 13 heteroatoms. The number of hydrogen-bond donors (Lipinski definition) is 2. The van der Waals surface area contributed by atoms with Gasteiger partial charge in [0.25, 0.3) is 17.7 Å². The lowest BCUT2D eigenvalue weighted by atomic mass is 10.0. The van der Waals surface area contributed by atoms with Crippen molar-refractivity contribution in [1.82, 2.24) is 20.1 Å². The van der Waals surface area contributed by atoms with Crippen LogP contribution in [0.4, 0.5) is 24.5 Å². The van der Waals surface area contributed by atoms with E-state index in [1.165, 1.54) is 24.4 Å². The van der Waals surface area contributed by atoms with Gasteiger partial charge in [0.2, 0.25) is 0 Å². The number of ether oxygens (including phenoxy) is 1. The molecule has 53 heavy (non-hydrogen) atoms. The van der Waals surface area contributed by atoms with Gasteiger partial charge >= 0.3 is 6.18 Å². The summed E-state index contributed by atoms with van der Waals surface area (Å²) in [5.74, 6) is -1.12. The van der Waals surface area contributed by atoms with E-state index in [4.69, 9.17) is 4.74 Å². The van der Waals surface area contributed by atoms with E-state index in [2.05, 4.69) is 32.3 Å². The standard InChI is InChI=1S/C40H45F3N6O4/c1-4-16-49(5-2)33-12-13-35(46-38(51)29-9-7-10-31(24-29)39(52)47(3)17-18-48-19-21-53-22-20-48)34(26-33)36-25-30(14-15-44-36)37(50)45-27-28-8-6-11-32(23-28)40(41,42)43/h6-15,23-26H,4-5,16-22,27H2,1-3H3,(H,45,50)(H,46,51). The van der Waals surface area contributed by atoms with E-state index in [1.54, 1.807) is 48.3 Å². The Hall–Kier alpha value is -5.27. The highest BCUT2D eigenvalue weighted by Gasteiger charge is 2.30. The number of nitrogens with one attached hydrogen (secondary N) is 2. The maximum absolute atomic E-state index is 13.7. The molecule has 10 nitrogen and oxygen atoms in total. The Balaban J connectivity index is 1.36. The topological polar surface area (TPSA) is 107 Å². The summed E-state index contributed by atoms with van der Waals surface area (Å²) >= 11 is 0. The molecule has 1 saturated heterocycles. The molecular weight excluding hydrogens is 685 g/mol. The Bertz CT molecular complexity index is 1900. The first-order chi connectivity index (χ1) is 25.5. The van der Waals surface area contributed by atoms with Crippen LogP contribution in [0.25, 0.3) is 11.3 Å².